The van der Waals surface area contributed by atoms with Crippen molar-refractivity contribution >= 4 is 29.0 Å². The van der Waals surface area contributed by atoms with Crippen molar-refractivity contribution in [3.63, 3.8) is 0 Å². The molecule has 0 radical (unpaired) electrons. The molecule has 2 aliphatic rings. The van der Waals surface area contributed by atoms with Gasteiger partial charge in [-0.2, -0.15) is 5.26 Å². The Labute approximate surface area is 161 Å². The van der Waals surface area contributed by atoms with E-state index in [1.807, 2.05) is 13.0 Å². The molecule has 3 rings (SSSR count). The smallest absolute Gasteiger partial charge is 0.294 e. The number of benzene rings is 1. The lowest BCUT2D eigenvalue weighted by Crippen LogP contribution is -2.45. The number of halogens is 1. The number of ether oxygens (including phenoxy) is 2. The van der Waals surface area contributed by atoms with Gasteiger partial charge in [0.2, 0.25) is 11.8 Å². The molecule has 1 atom stereocenters. The summed E-state index contributed by atoms with van der Waals surface area (Å²) >= 11 is 6.04. The van der Waals surface area contributed by atoms with E-state index in [9.17, 15) is 14.9 Å². The number of rotatable bonds is 5. The van der Waals surface area contributed by atoms with Crippen LogP contribution in [-0.2, 0) is 24.5 Å². The zero-order valence-corrected chi connectivity index (χ0v) is 15.6. The average Bonchev–Trinajstić information content (AvgIpc) is 2.87. The molecule has 0 aliphatic carbocycles. The van der Waals surface area contributed by atoms with Crippen LogP contribution < -0.4 is 11.1 Å². The molecule has 0 saturated carbocycles. The van der Waals surface area contributed by atoms with Crippen LogP contribution in [0.2, 0.25) is 5.02 Å². The molecule has 3 N–H and O–H groups in total. The van der Waals surface area contributed by atoms with Crippen LogP contribution in [0.15, 0.2) is 41.2 Å². The predicted molar refractivity (Wildman–Crippen MR) is 98.2 cm³/mol. The number of carbonyl (C=O) groups excluding carboxylic acids is 2. The molecule has 1 spiro atoms. The second kappa shape index (κ2) is 6.97. The number of ketones is 1. The van der Waals surface area contributed by atoms with Crippen LogP contribution in [0.3, 0.4) is 0 Å². The molecule has 1 amide bonds. The number of anilines is 1. The summed E-state index contributed by atoms with van der Waals surface area (Å²) in [5.74, 6) is -1.34. The quantitative estimate of drug-likeness (QED) is 0.802. The third-order valence-electron chi connectivity index (χ3n) is 4.52. The van der Waals surface area contributed by atoms with E-state index in [1.165, 1.54) is 0 Å². The van der Waals surface area contributed by atoms with Crippen LogP contribution in [0.25, 0.3) is 0 Å². The van der Waals surface area contributed by atoms with Crippen LogP contribution in [0, 0.1) is 11.3 Å². The molecule has 0 saturated heterocycles. The summed E-state index contributed by atoms with van der Waals surface area (Å²) in [6.45, 7) is 3.75. The number of hydrogen-bond donors (Lipinski definition) is 2. The zero-order valence-electron chi connectivity index (χ0n) is 14.9. The van der Waals surface area contributed by atoms with Gasteiger partial charge < -0.3 is 20.5 Å². The fourth-order valence-electron chi connectivity index (χ4n) is 3.49. The Kier molecular flexibility index (Phi) is 4.85. The number of fused-ring (bicyclic) bond motifs is 2. The van der Waals surface area contributed by atoms with Gasteiger partial charge in [-0.1, -0.05) is 24.6 Å². The molecule has 0 fully saturated rings. The van der Waals surface area contributed by atoms with Gasteiger partial charge >= 0.3 is 0 Å². The third kappa shape index (κ3) is 2.64. The summed E-state index contributed by atoms with van der Waals surface area (Å²) in [6, 6.07) is 6.71. The minimum absolute atomic E-state index is 0.0180. The second-order valence-corrected chi connectivity index (χ2v) is 6.55. The fourth-order valence-corrected chi connectivity index (χ4v) is 3.67. The van der Waals surface area contributed by atoms with Crippen LogP contribution in [0.5, 0.6) is 0 Å². The van der Waals surface area contributed by atoms with Gasteiger partial charge in [-0.3, -0.25) is 9.59 Å². The van der Waals surface area contributed by atoms with Crippen molar-refractivity contribution in [1.82, 2.24) is 0 Å². The van der Waals surface area contributed by atoms with E-state index in [-0.39, 0.29) is 41.8 Å². The Hall–Kier alpha value is -2.98. The van der Waals surface area contributed by atoms with E-state index >= 15 is 0 Å². The Bertz CT molecular complexity index is 945. The molecule has 2 aliphatic heterocycles. The Balaban J connectivity index is 2.40. The highest BCUT2D eigenvalue weighted by molar-refractivity contribution is 6.31. The van der Waals surface area contributed by atoms with E-state index in [0.29, 0.717) is 22.7 Å². The molecule has 8 heteroatoms. The van der Waals surface area contributed by atoms with Gasteiger partial charge in [0.15, 0.2) is 11.2 Å². The van der Waals surface area contributed by atoms with E-state index in [1.54, 1.807) is 25.1 Å². The Morgan fingerprint density at radius 1 is 1.44 bits per heavy atom. The van der Waals surface area contributed by atoms with Crippen molar-refractivity contribution in [2.45, 2.75) is 32.1 Å². The van der Waals surface area contributed by atoms with Crippen LogP contribution in [0.1, 0.15) is 32.3 Å². The van der Waals surface area contributed by atoms with Crippen molar-refractivity contribution in [3.05, 3.63) is 51.8 Å². The van der Waals surface area contributed by atoms with Crippen LogP contribution in [-0.4, -0.2) is 18.3 Å². The van der Waals surface area contributed by atoms with Crippen molar-refractivity contribution < 1.29 is 19.1 Å². The lowest BCUT2D eigenvalue weighted by molar-refractivity contribution is -0.123. The Morgan fingerprint density at radius 2 is 2.19 bits per heavy atom. The highest BCUT2D eigenvalue weighted by Gasteiger charge is 2.60. The molecule has 2 heterocycles. The molecule has 140 valence electrons. The van der Waals surface area contributed by atoms with Gasteiger partial charge in [0.1, 0.15) is 17.2 Å². The summed E-state index contributed by atoms with van der Waals surface area (Å²) in [4.78, 5) is 26.2. The van der Waals surface area contributed by atoms with E-state index in [4.69, 9.17) is 26.8 Å². The number of amides is 1. The summed E-state index contributed by atoms with van der Waals surface area (Å²) in [5.41, 5.74) is 4.88. The third-order valence-corrected chi connectivity index (χ3v) is 4.76. The molecule has 0 aromatic heterocycles. The SMILES string of the molecule is CCCC(=O)C1=C(OCC)OC(N)=C(C#N)C12C(=O)Nc1cc(Cl)ccc12. The van der Waals surface area contributed by atoms with Crippen molar-refractivity contribution in [2.75, 3.05) is 11.9 Å². The topological polar surface area (TPSA) is 114 Å². The lowest BCUT2D eigenvalue weighted by atomic mass is 9.67. The van der Waals surface area contributed by atoms with Crippen LogP contribution in [0.4, 0.5) is 5.69 Å². The molecule has 0 bridgehead atoms. The normalized spacial score (nSPS) is 20.9. The van der Waals surface area contributed by atoms with E-state index in [2.05, 4.69) is 5.32 Å². The first kappa shape index (κ1) is 18.8. The molecule has 1 unspecified atom stereocenters. The lowest BCUT2D eigenvalue weighted by Gasteiger charge is -2.34. The highest BCUT2D eigenvalue weighted by atomic mass is 35.5. The first-order valence-corrected chi connectivity index (χ1v) is 8.89. The first-order valence-electron chi connectivity index (χ1n) is 8.52. The number of carbonyl (C=O) groups is 2. The fraction of sp³-hybridized carbons (Fsp3) is 0.316. The molecular weight excluding hydrogens is 370 g/mol. The van der Waals surface area contributed by atoms with E-state index in [0.717, 1.165) is 0 Å². The van der Waals surface area contributed by atoms with Gasteiger partial charge in [0.05, 0.1) is 6.61 Å². The molecule has 1 aromatic rings. The van der Waals surface area contributed by atoms with Gasteiger partial charge in [-0.25, -0.2) is 0 Å². The largest absolute Gasteiger partial charge is 0.465 e. The first-order chi connectivity index (χ1) is 12.9. The van der Waals surface area contributed by atoms with Crippen molar-refractivity contribution in [1.29, 1.82) is 5.26 Å². The summed E-state index contributed by atoms with van der Waals surface area (Å²) < 4.78 is 11.0. The van der Waals surface area contributed by atoms with E-state index < -0.39 is 11.3 Å². The number of nitrogens with two attached hydrogens (primary N) is 1. The molecule has 7 nitrogen and oxygen atoms in total. The summed E-state index contributed by atoms with van der Waals surface area (Å²) in [6.07, 6.45) is 0.708. The number of nitrogens with one attached hydrogen (secondary N) is 1. The summed E-state index contributed by atoms with van der Waals surface area (Å²) in [5, 5.41) is 12.9. The van der Waals surface area contributed by atoms with Gasteiger partial charge in [-0.15, -0.1) is 0 Å². The number of hydrogen-bond acceptors (Lipinski definition) is 6. The average molecular weight is 388 g/mol. The van der Waals surface area contributed by atoms with Gasteiger partial charge in [0.25, 0.3) is 5.95 Å². The molecule has 27 heavy (non-hydrogen) atoms. The molecular formula is C19H18ClN3O4. The monoisotopic (exact) mass is 387 g/mol. The minimum Gasteiger partial charge on any atom is -0.465 e. The van der Waals surface area contributed by atoms with Gasteiger partial charge in [0, 0.05) is 22.7 Å². The van der Waals surface area contributed by atoms with Gasteiger partial charge in [-0.05, 0) is 25.5 Å². The zero-order chi connectivity index (χ0) is 19.8. The molecule has 1 aromatic carbocycles. The maximum atomic E-state index is 13.2. The Morgan fingerprint density at radius 3 is 2.81 bits per heavy atom. The number of Topliss-reactive ketones (excluding diaryl/α,β-unsaturated/α-hetero) is 1. The number of nitrogens with zero attached hydrogens (tertiary/aromatic N) is 1. The standard InChI is InChI=1S/C19H18ClN3O4/c1-3-5-14(24)15-17(26-4-2)27-16(22)12(9-21)19(15)11-7-6-10(20)8-13(11)23-18(19)25/h6-8H,3-5,22H2,1-2H3,(H,23,25). The van der Waals surface area contributed by atoms with Crippen molar-refractivity contribution in [2.24, 2.45) is 5.73 Å². The summed E-state index contributed by atoms with van der Waals surface area (Å²) in [7, 11) is 0. The maximum absolute atomic E-state index is 13.2. The number of nitriles is 1. The highest BCUT2D eigenvalue weighted by Crippen LogP contribution is 2.52. The second-order valence-electron chi connectivity index (χ2n) is 6.12. The van der Waals surface area contributed by atoms with Crippen molar-refractivity contribution in [3.8, 4) is 6.07 Å². The minimum atomic E-state index is -1.73. The van der Waals surface area contributed by atoms with Crippen LogP contribution >= 0.6 is 11.6 Å². The predicted octanol–water partition coefficient (Wildman–Crippen LogP) is 2.87. The maximum Gasteiger partial charge on any atom is 0.294 e.